The number of hydrogen-bond acceptors (Lipinski definition) is 2. The molecule has 1 aliphatic heterocycles. The molecule has 0 fully saturated rings. The van der Waals surface area contributed by atoms with Gasteiger partial charge in [0, 0.05) is 0 Å². The Morgan fingerprint density at radius 3 is 2.71 bits per heavy atom. The van der Waals surface area contributed by atoms with Crippen LogP contribution in [0.2, 0.25) is 0 Å². The minimum atomic E-state index is 0.927. The quantitative estimate of drug-likeness (QED) is 0.396. The zero-order valence-electron chi connectivity index (χ0n) is 4.68. The summed E-state index contributed by atoms with van der Waals surface area (Å²) in [5, 5.41) is 1.93. The van der Waals surface area contributed by atoms with E-state index in [1.165, 1.54) is 0 Å². The van der Waals surface area contributed by atoms with Crippen LogP contribution in [0.4, 0.5) is 0 Å². The van der Waals surface area contributed by atoms with Crippen molar-refractivity contribution in [1.82, 2.24) is 10.4 Å². The predicted molar refractivity (Wildman–Crippen MR) is 28.0 cm³/mol. The molecular weight excluding hydrogens is 90.1 g/mol. The van der Waals surface area contributed by atoms with E-state index < -0.39 is 0 Å². The van der Waals surface area contributed by atoms with E-state index in [9.17, 15) is 0 Å². The minimum absolute atomic E-state index is 0.927. The van der Waals surface area contributed by atoms with Crippen LogP contribution in [0.5, 0.6) is 0 Å². The molecule has 0 amide bonds. The summed E-state index contributed by atoms with van der Waals surface area (Å²) in [5.74, 6) is 0. The molecule has 1 aliphatic rings. The number of hydrazine groups is 1. The molecule has 0 aromatic rings. The Morgan fingerprint density at radius 1 is 1.86 bits per heavy atom. The van der Waals surface area contributed by atoms with E-state index in [0.29, 0.717) is 0 Å². The molecule has 0 saturated carbocycles. The molecule has 3 heteroatoms. The Hall–Kier alpha value is -0.570. The second kappa shape index (κ2) is 1.50. The van der Waals surface area contributed by atoms with Gasteiger partial charge in [0.15, 0.2) is 6.67 Å². The van der Waals surface area contributed by atoms with Gasteiger partial charge in [-0.25, -0.2) is 0 Å². The predicted octanol–water partition coefficient (Wildman–Crippen LogP) is -0.935. The van der Waals surface area contributed by atoms with Crippen molar-refractivity contribution in [2.75, 3.05) is 20.8 Å². The van der Waals surface area contributed by atoms with Gasteiger partial charge in [-0.2, -0.15) is 5.01 Å². The molecule has 0 aliphatic carbocycles. The van der Waals surface area contributed by atoms with Gasteiger partial charge in [-0.15, -0.1) is 5.43 Å². The molecule has 3 nitrogen and oxygen atoms in total. The zero-order chi connectivity index (χ0) is 5.28. The van der Waals surface area contributed by atoms with Crippen LogP contribution in [0.15, 0.2) is 0 Å². The van der Waals surface area contributed by atoms with E-state index in [1.807, 2.05) is 25.4 Å². The standard InChI is InChI=1S/C4H10N3/c1-6-3-5-7(2)4-6/h4-5H,3H2,1-2H3/q+1. The topological polar surface area (TPSA) is 18.3 Å². The fourth-order valence-corrected chi connectivity index (χ4v) is 0.600. The van der Waals surface area contributed by atoms with Crippen LogP contribution < -0.4 is 5.43 Å². The van der Waals surface area contributed by atoms with E-state index >= 15 is 0 Å². The minimum Gasteiger partial charge on any atom is -0.253 e. The number of hydrogen-bond donors (Lipinski definition) is 1. The molecule has 7 heavy (non-hydrogen) atoms. The van der Waals surface area contributed by atoms with Gasteiger partial charge >= 0.3 is 0 Å². The van der Waals surface area contributed by atoms with Gasteiger partial charge in [-0.3, -0.25) is 4.58 Å². The summed E-state index contributed by atoms with van der Waals surface area (Å²) >= 11 is 0. The Labute approximate surface area is 43.2 Å². The van der Waals surface area contributed by atoms with Crippen LogP contribution in [-0.2, 0) is 0 Å². The molecule has 0 bridgehead atoms. The van der Waals surface area contributed by atoms with Gasteiger partial charge in [0.05, 0.1) is 14.1 Å². The van der Waals surface area contributed by atoms with E-state index in [2.05, 4.69) is 10.0 Å². The second-order valence-electron chi connectivity index (χ2n) is 1.80. The average molecular weight is 100 g/mol. The van der Waals surface area contributed by atoms with Crippen molar-refractivity contribution in [1.29, 1.82) is 0 Å². The van der Waals surface area contributed by atoms with E-state index in [-0.39, 0.29) is 0 Å². The first kappa shape index (κ1) is 4.59. The molecule has 0 radical (unpaired) electrons. The monoisotopic (exact) mass is 100 g/mol. The summed E-state index contributed by atoms with van der Waals surface area (Å²) in [7, 11) is 4.00. The van der Waals surface area contributed by atoms with Gasteiger partial charge in [-0.1, -0.05) is 0 Å². The summed E-state index contributed by atoms with van der Waals surface area (Å²) in [5.41, 5.74) is 3.07. The average Bonchev–Trinajstić information content (AvgIpc) is 1.87. The molecule has 1 rings (SSSR count). The highest BCUT2D eigenvalue weighted by atomic mass is 15.6. The van der Waals surface area contributed by atoms with Gasteiger partial charge in [0.1, 0.15) is 0 Å². The molecule has 0 aromatic carbocycles. The molecule has 0 unspecified atom stereocenters. The molecule has 1 N–H and O–H groups in total. The van der Waals surface area contributed by atoms with Crippen LogP contribution >= 0.6 is 0 Å². The third-order valence-electron chi connectivity index (χ3n) is 0.940. The maximum Gasteiger partial charge on any atom is 0.253 e. The lowest BCUT2D eigenvalue weighted by Crippen LogP contribution is -2.26. The summed E-state index contributed by atoms with van der Waals surface area (Å²) < 4.78 is 2.07. The van der Waals surface area contributed by atoms with Crippen LogP contribution in [0.25, 0.3) is 0 Å². The second-order valence-corrected chi connectivity index (χ2v) is 1.80. The highest BCUT2D eigenvalue weighted by molar-refractivity contribution is 5.48. The first-order chi connectivity index (χ1) is 3.29. The number of nitrogens with zero attached hydrogens (tertiary/aromatic N) is 2. The molecule has 0 saturated heterocycles. The maximum atomic E-state index is 3.07. The lowest BCUT2D eigenvalue weighted by Gasteiger charge is -1.91. The summed E-state index contributed by atoms with van der Waals surface area (Å²) in [6, 6.07) is 0. The Bertz CT molecular complexity index is 97.1. The van der Waals surface area contributed by atoms with Crippen molar-refractivity contribution in [2.45, 2.75) is 0 Å². The third-order valence-corrected chi connectivity index (χ3v) is 0.940. The lowest BCUT2D eigenvalue weighted by atomic mass is 11.0. The Kier molecular flexibility index (Phi) is 0.982. The first-order valence-corrected chi connectivity index (χ1v) is 2.30. The summed E-state index contributed by atoms with van der Waals surface area (Å²) in [4.78, 5) is 0. The van der Waals surface area contributed by atoms with Crippen molar-refractivity contribution >= 4 is 6.34 Å². The molecule has 0 aromatic heterocycles. The molecule has 0 spiro atoms. The van der Waals surface area contributed by atoms with Crippen molar-refractivity contribution in [2.24, 2.45) is 0 Å². The Morgan fingerprint density at radius 2 is 2.57 bits per heavy atom. The molecule has 0 atom stereocenters. The highest BCUT2D eigenvalue weighted by Gasteiger charge is 2.07. The highest BCUT2D eigenvalue weighted by Crippen LogP contribution is 1.75. The summed E-state index contributed by atoms with van der Waals surface area (Å²) in [6.45, 7) is 0.927. The first-order valence-electron chi connectivity index (χ1n) is 2.30. The van der Waals surface area contributed by atoms with Crippen LogP contribution in [0.3, 0.4) is 0 Å². The van der Waals surface area contributed by atoms with Crippen LogP contribution in [-0.4, -0.2) is 36.7 Å². The van der Waals surface area contributed by atoms with Gasteiger partial charge in [0.2, 0.25) is 0 Å². The Balaban J connectivity index is 2.50. The summed E-state index contributed by atoms with van der Waals surface area (Å²) in [6.07, 6.45) is 2.00. The molecule has 1 heterocycles. The van der Waals surface area contributed by atoms with Crippen LogP contribution in [0.1, 0.15) is 0 Å². The van der Waals surface area contributed by atoms with E-state index in [0.717, 1.165) is 6.67 Å². The van der Waals surface area contributed by atoms with Gasteiger partial charge in [0.25, 0.3) is 6.34 Å². The lowest BCUT2D eigenvalue weighted by molar-refractivity contribution is -0.488. The van der Waals surface area contributed by atoms with Crippen molar-refractivity contribution in [3.63, 3.8) is 0 Å². The fraction of sp³-hybridized carbons (Fsp3) is 0.750. The normalized spacial score (nSPS) is 20.3. The van der Waals surface area contributed by atoms with Gasteiger partial charge < -0.3 is 0 Å². The van der Waals surface area contributed by atoms with Crippen molar-refractivity contribution in [3.05, 3.63) is 0 Å². The SMILES string of the molecule is CN1C=[N+](C)CN1. The number of rotatable bonds is 0. The molecule has 40 valence electrons. The maximum absolute atomic E-state index is 3.07. The van der Waals surface area contributed by atoms with Crippen LogP contribution in [0, 0.1) is 0 Å². The third kappa shape index (κ3) is 0.899. The fourth-order valence-electron chi connectivity index (χ4n) is 0.600. The zero-order valence-corrected chi connectivity index (χ0v) is 4.68. The van der Waals surface area contributed by atoms with E-state index in [1.54, 1.807) is 0 Å². The molecular formula is C4H10N3+. The number of nitrogens with one attached hydrogen (secondary N) is 1. The van der Waals surface area contributed by atoms with E-state index in [4.69, 9.17) is 0 Å². The largest absolute Gasteiger partial charge is 0.253 e. The van der Waals surface area contributed by atoms with Crippen molar-refractivity contribution < 1.29 is 4.58 Å². The van der Waals surface area contributed by atoms with Gasteiger partial charge in [-0.05, 0) is 0 Å². The van der Waals surface area contributed by atoms with Crippen molar-refractivity contribution in [3.8, 4) is 0 Å². The smallest absolute Gasteiger partial charge is 0.253 e.